The number of nitrogens with one attached hydrogen (secondary N) is 1. The molecule has 132 valence electrons. The molecule has 2 aromatic rings. The van der Waals surface area contributed by atoms with Crippen molar-refractivity contribution in [3.8, 4) is 11.5 Å². The predicted molar refractivity (Wildman–Crippen MR) is 98.3 cm³/mol. The molecule has 1 aliphatic heterocycles. The second-order valence-electron chi connectivity index (χ2n) is 6.56. The van der Waals surface area contributed by atoms with Crippen LogP contribution in [-0.4, -0.2) is 25.7 Å². The van der Waals surface area contributed by atoms with E-state index in [9.17, 15) is 4.79 Å². The van der Waals surface area contributed by atoms with Crippen LogP contribution in [0.3, 0.4) is 0 Å². The molecule has 1 amide bonds. The summed E-state index contributed by atoms with van der Waals surface area (Å²) in [6.45, 7) is 2.82. The number of carbonyl (C=O) groups excluding carboxylic acids is 1. The molecule has 1 N–H and O–H groups in total. The molecule has 4 heteroatoms. The molecule has 1 unspecified atom stereocenters. The van der Waals surface area contributed by atoms with Crippen molar-refractivity contribution in [3.05, 3.63) is 59.2 Å². The first-order valence-electron chi connectivity index (χ1n) is 8.81. The van der Waals surface area contributed by atoms with Crippen molar-refractivity contribution in [2.24, 2.45) is 0 Å². The first kappa shape index (κ1) is 17.3. The van der Waals surface area contributed by atoms with Crippen LogP contribution in [0.25, 0.3) is 0 Å². The van der Waals surface area contributed by atoms with E-state index in [0.717, 1.165) is 42.9 Å². The second-order valence-corrected chi connectivity index (χ2v) is 6.56. The molecule has 0 bridgehead atoms. The number of carbonyl (C=O) groups is 1. The highest BCUT2D eigenvalue weighted by Gasteiger charge is 2.14. The monoisotopic (exact) mass is 339 g/mol. The molecule has 0 aliphatic carbocycles. The van der Waals surface area contributed by atoms with Crippen LogP contribution in [0.5, 0.6) is 11.5 Å². The molecule has 0 fully saturated rings. The van der Waals surface area contributed by atoms with Crippen LogP contribution in [-0.2, 0) is 24.1 Å². The molecule has 0 spiro atoms. The van der Waals surface area contributed by atoms with E-state index in [4.69, 9.17) is 9.47 Å². The van der Waals surface area contributed by atoms with Gasteiger partial charge in [-0.05, 0) is 54.7 Å². The Balaban J connectivity index is 1.45. The fraction of sp³-hybridized carbons (Fsp3) is 0.381. The van der Waals surface area contributed by atoms with Gasteiger partial charge < -0.3 is 14.8 Å². The third-order valence-electron chi connectivity index (χ3n) is 4.50. The van der Waals surface area contributed by atoms with E-state index in [1.165, 1.54) is 11.1 Å². The number of amides is 1. The van der Waals surface area contributed by atoms with Gasteiger partial charge in [-0.25, -0.2) is 0 Å². The number of hydrogen-bond donors (Lipinski definition) is 1. The second kappa shape index (κ2) is 8.06. The third-order valence-corrected chi connectivity index (χ3v) is 4.50. The van der Waals surface area contributed by atoms with Crippen LogP contribution in [0.4, 0.5) is 0 Å². The van der Waals surface area contributed by atoms with E-state index < -0.39 is 0 Å². The number of aryl methyl sites for hydroxylation is 1. The standard InChI is InChI=1S/C21H25NO3/c1-15(13-17-5-9-20-18(14-17)11-12-25-20)22-21(23)10-6-16-3-7-19(24-2)8-4-16/h3-5,7-9,14-15H,6,10-13H2,1-2H3,(H,22,23). The van der Waals surface area contributed by atoms with Crippen molar-refractivity contribution in [1.82, 2.24) is 5.32 Å². The molecule has 0 saturated carbocycles. The third kappa shape index (κ3) is 4.75. The van der Waals surface area contributed by atoms with Crippen molar-refractivity contribution < 1.29 is 14.3 Å². The zero-order valence-electron chi connectivity index (χ0n) is 14.9. The normalized spacial score (nSPS) is 13.7. The minimum absolute atomic E-state index is 0.0906. The number of methoxy groups -OCH3 is 1. The van der Waals surface area contributed by atoms with Gasteiger partial charge in [0.1, 0.15) is 11.5 Å². The lowest BCUT2D eigenvalue weighted by Crippen LogP contribution is -2.34. The molecule has 4 nitrogen and oxygen atoms in total. The van der Waals surface area contributed by atoms with Gasteiger partial charge in [0.25, 0.3) is 0 Å². The molecule has 0 radical (unpaired) electrons. The van der Waals surface area contributed by atoms with Crippen LogP contribution < -0.4 is 14.8 Å². The van der Waals surface area contributed by atoms with Gasteiger partial charge in [0, 0.05) is 18.9 Å². The van der Waals surface area contributed by atoms with Gasteiger partial charge in [-0.15, -0.1) is 0 Å². The van der Waals surface area contributed by atoms with Gasteiger partial charge in [0.2, 0.25) is 5.91 Å². The fourth-order valence-electron chi connectivity index (χ4n) is 3.17. The summed E-state index contributed by atoms with van der Waals surface area (Å²) in [5, 5.41) is 3.09. The molecule has 2 aromatic carbocycles. The van der Waals surface area contributed by atoms with Gasteiger partial charge in [-0.1, -0.05) is 24.3 Å². The summed E-state index contributed by atoms with van der Waals surface area (Å²) in [6.07, 6.45) is 3.04. The smallest absolute Gasteiger partial charge is 0.220 e. The molecular weight excluding hydrogens is 314 g/mol. The van der Waals surface area contributed by atoms with Crippen LogP contribution in [0.2, 0.25) is 0 Å². The van der Waals surface area contributed by atoms with Crippen molar-refractivity contribution in [2.45, 2.75) is 38.6 Å². The topological polar surface area (TPSA) is 47.6 Å². The molecule has 25 heavy (non-hydrogen) atoms. The highest BCUT2D eigenvalue weighted by Crippen LogP contribution is 2.26. The minimum Gasteiger partial charge on any atom is -0.497 e. The lowest BCUT2D eigenvalue weighted by Gasteiger charge is -2.14. The van der Waals surface area contributed by atoms with Crippen LogP contribution in [0.15, 0.2) is 42.5 Å². The van der Waals surface area contributed by atoms with Crippen molar-refractivity contribution >= 4 is 5.91 Å². The Hall–Kier alpha value is -2.49. The maximum atomic E-state index is 12.2. The number of rotatable bonds is 7. The van der Waals surface area contributed by atoms with Crippen molar-refractivity contribution in [1.29, 1.82) is 0 Å². The Labute approximate surface area is 149 Å². The molecule has 1 heterocycles. The maximum Gasteiger partial charge on any atom is 0.220 e. The summed E-state index contributed by atoms with van der Waals surface area (Å²) < 4.78 is 10.7. The fourth-order valence-corrected chi connectivity index (χ4v) is 3.17. The molecule has 3 rings (SSSR count). The Bertz CT molecular complexity index is 724. The van der Waals surface area contributed by atoms with Crippen molar-refractivity contribution in [3.63, 3.8) is 0 Å². The lowest BCUT2D eigenvalue weighted by molar-refractivity contribution is -0.121. The van der Waals surface area contributed by atoms with Crippen molar-refractivity contribution in [2.75, 3.05) is 13.7 Å². The average Bonchev–Trinajstić information content (AvgIpc) is 3.08. The van der Waals surface area contributed by atoms with E-state index in [-0.39, 0.29) is 11.9 Å². The molecular formula is C21H25NO3. The highest BCUT2D eigenvalue weighted by atomic mass is 16.5. The van der Waals surface area contributed by atoms with Gasteiger partial charge in [0.05, 0.1) is 13.7 Å². The van der Waals surface area contributed by atoms with Gasteiger partial charge in [-0.3, -0.25) is 4.79 Å². The summed E-state index contributed by atoms with van der Waals surface area (Å²) in [5.41, 5.74) is 3.66. The summed E-state index contributed by atoms with van der Waals surface area (Å²) in [5.74, 6) is 1.93. The van der Waals surface area contributed by atoms with E-state index >= 15 is 0 Å². The van der Waals surface area contributed by atoms with Crippen LogP contribution >= 0.6 is 0 Å². The summed E-state index contributed by atoms with van der Waals surface area (Å²) in [7, 11) is 1.65. The number of ether oxygens (including phenoxy) is 2. The summed E-state index contributed by atoms with van der Waals surface area (Å²) in [4.78, 5) is 12.2. The first-order chi connectivity index (χ1) is 12.1. The molecule has 1 aliphatic rings. The first-order valence-corrected chi connectivity index (χ1v) is 8.81. The Morgan fingerprint density at radius 3 is 2.72 bits per heavy atom. The molecule has 1 atom stereocenters. The zero-order valence-corrected chi connectivity index (χ0v) is 14.9. The number of fused-ring (bicyclic) bond motifs is 1. The quantitative estimate of drug-likeness (QED) is 0.842. The maximum absolute atomic E-state index is 12.2. The van der Waals surface area contributed by atoms with E-state index in [2.05, 4.69) is 24.4 Å². The van der Waals surface area contributed by atoms with E-state index in [0.29, 0.717) is 6.42 Å². The lowest BCUT2D eigenvalue weighted by atomic mass is 10.0. The van der Waals surface area contributed by atoms with Crippen LogP contribution in [0, 0.1) is 0 Å². The predicted octanol–water partition coefficient (Wildman–Crippen LogP) is 3.31. The minimum atomic E-state index is 0.0906. The van der Waals surface area contributed by atoms with Gasteiger partial charge in [0.15, 0.2) is 0 Å². The van der Waals surface area contributed by atoms with Crippen LogP contribution in [0.1, 0.15) is 30.0 Å². The summed E-state index contributed by atoms with van der Waals surface area (Å²) in [6, 6.07) is 14.3. The number of benzene rings is 2. The SMILES string of the molecule is COc1ccc(CCC(=O)NC(C)Cc2ccc3c(c2)CCO3)cc1. The van der Waals surface area contributed by atoms with E-state index in [1.54, 1.807) is 7.11 Å². The zero-order chi connectivity index (χ0) is 17.6. The van der Waals surface area contributed by atoms with Gasteiger partial charge in [-0.2, -0.15) is 0 Å². The largest absolute Gasteiger partial charge is 0.497 e. The Morgan fingerprint density at radius 1 is 1.20 bits per heavy atom. The molecule has 0 saturated heterocycles. The average molecular weight is 339 g/mol. The molecule has 0 aromatic heterocycles. The summed E-state index contributed by atoms with van der Waals surface area (Å²) >= 11 is 0. The Kier molecular flexibility index (Phi) is 5.59. The van der Waals surface area contributed by atoms with E-state index in [1.807, 2.05) is 30.3 Å². The highest BCUT2D eigenvalue weighted by molar-refractivity contribution is 5.76. The van der Waals surface area contributed by atoms with Gasteiger partial charge >= 0.3 is 0 Å². The Morgan fingerprint density at radius 2 is 1.96 bits per heavy atom. The number of hydrogen-bond acceptors (Lipinski definition) is 3.